The average molecular weight is 481 g/mol. The number of halogens is 1. The van der Waals surface area contributed by atoms with Crippen LogP contribution in [0.15, 0.2) is 36.4 Å². The number of likely N-dealkylation sites (N-methyl/N-ethyl adjacent to an activating group) is 1. The van der Waals surface area contributed by atoms with Gasteiger partial charge in [0.05, 0.1) is 31.3 Å². The number of fused-ring (bicyclic) bond motifs is 1. The molecule has 2 aliphatic rings. The molecular formula is C27H33FN4O3. The topological polar surface area (TPSA) is 59.8 Å². The third kappa shape index (κ3) is 4.47. The monoisotopic (exact) mass is 480 g/mol. The van der Waals surface area contributed by atoms with Gasteiger partial charge in [0.1, 0.15) is 11.6 Å². The number of benzene rings is 2. The van der Waals surface area contributed by atoms with Crippen molar-refractivity contribution in [3.8, 4) is 22.9 Å². The molecule has 5 rings (SSSR count). The van der Waals surface area contributed by atoms with Crippen LogP contribution in [0.3, 0.4) is 0 Å². The van der Waals surface area contributed by atoms with Gasteiger partial charge in [-0.2, -0.15) is 0 Å². The summed E-state index contributed by atoms with van der Waals surface area (Å²) in [4.78, 5) is 22.3. The molecule has 1 amide bonds. The normalized spacial score (nSPS) is 19.8. The van der Waals surface area contributed by atoms with Crippen molar-refractivity contribution >= 4 is 16.9 Å². The van der Waals surface area contributed by atoms with Crippen LogP contribution in [0.1, 0.15) is 38.1 Å². The Hall–Kier alpha value is -3.13. The van der Waals surface area contributed by atoms with Crippen LogP contribution in [-0.2, 0) is 4.79 Å². The highest BCUT2D eigenvalue weighted by molar-refractivity contribution is 5.83. The summed E-state index contributed by atoms with van der Waals surface area (Å²) >= 11 is 0. The number of nitrogens with zero attached hydrogens (tertiary/aromatic N) is 4. The second-order valence-corrected chi connectivity index (χ2v) is 9.56. The number of carbonyl (C=O) groups is 1. The fraction of sp³-hybridized carbons (Fsp3) is 0.481. The SMILES string of the molecule is COc1ccc(-c2nc3cc(F)ccc3n2C2CCN(C(=O)C3CCCCN3C)CC2)cc1OC. The molecule has 0 N–H and O–H groups in total. The zero-order valence-corrected chi connectivity index (χ0v) is 20.7. The molecule has 0 bridgehead atoms. The Kier molecular flexibility index (Phi) is 6.65. The summed E-state index contributed by atoms with van der Waals surface area (Å²) < 4.78 is 27.2. The van der Waals surface area contributed by atoms with E-state index in [-0.39, 0.29) is 23.8 Å². The predicted molar refractivity (Wildman–Crippen MR) is 133 cm³/mol. The zero-order valence-electron chi connectivity index (χ0n) is 20.7. The first-order valence-electron chi connectivity index (χ1n) is 12.4. The van der Waals surface area contributed by atoms with Gasteiger partial charge in [-0.05, 0) is 69.6 Å². The van der Waals surface area contributed by atoms with E-state index in [1.165, 1.54) is 12.1 Å². The van der Waals surface area contributed by atoms with E-state index in [9.17, 15) is 9.18 Å². The van der Waals surface area contributed by atoms with Gasteiger partial charge < -0.3 is 18.9 Å². The Morgan fingerprint density at radius 1 is 0.971 bits per heavy atom. The number of ether oxygens (including phenoxy) is 2. The summed E-state index contributed by atoms with van der Waals surface area (Å²) in [7, 11) is 5.27. The highest BCUT2D eigenvalue weighted by atomic mass is 19.1. The van der Waals surface area contributed by atoms with Gasteiger partial charge in [0.25, 0.3) is 0 Å². The fourth-order valence-electron chi connectivity index (χ4n) is 5.56. The molecule has 8 heteroatoms. The summed E-state index contributed by atoms with van der Waals surface area (Å²) in [6.45, 7) is 2.40. The lowest BCUT2D eigenvalue weighted by atomic mass is 9.98. The molecule has 2 saturated heterocycles. The van der Waals surface area contributed by atoms with Crippen molar-refractivity contribution in [1.82, 2.24) is 19.4 Å². The molecule has 2 aromatic carbocycles. The van der Waals surface area contributed by atoms with E-state index >= 15 is 0 Å². The molecule has 2 aliphatic heterocycles. The van der Waals surface area contributed by atoms with Crippen LogP contribution < -0.4 is 9.47 Å². The first-order valence-corrected chi connectivity index (χ1v) is 12.4. The van der Waals surface area contributed by atoms with E-state index in [4.69, 9.17) is 14.5 Å². The molecule has 3 heterocycles. The third-order valence-corrected chi connectivity index (χ3v) is 7.49. The van der Waals surface area contributed by atoms with Gasteiger partial charge in [0, 0.05) is 30.8 Å². The van der Waals surface area contributed by atoms with E-state index in [2.05, 4.69) is 16.5 Å². The Balaban J connectivity index is 1.45. The minimum Gasteiger partial charge on any atom is -0.493 e. The van der Waals surface area contributed by atoms with Crippen LogP contribution in [0.4, 0.5) is 4.39 Å². The van der Waals surface area contributed by atoms with E-state index in [1.807, 2.05) is 23.1 Å². The van der Waals surface area contributed by atoms with Gasteiger partial charge in [-0.25, -0.2) is 9.37 Å². The van der Waals surface area contributed by atoms with Crippen molar-refractivity contribution in [3.05, 3.63) is 42.2 Å². The lowest BCUT2D eigenvalue weighted by Crippen LogP contribution is -2.51. The molecular weight excluding hydrogens is 447 g/mol. The lowest BCUT2D eigenvalue weighted by molar-refractivity contribution is -0.139. The van der Waals surface area contributed by atoms with Crippen LogP contribution >= 0.6 is 0 Å². The number of piperidine rings is 2. The summed E-state index contributed by atoms with van der Waals surface area (Å²) in [5.74, 6) is 1.97. The van der Waals surface area contributed by atoms with Gasteiger partial charge in [0.15, 0.2) is 11.5 Å². The van der Waals surface area contributed by atoms with E-state index in [1.54, 1.807) is 20.3 Å². The molecule has 7 nitrogen and oxygen atoms in total. The molecule has 186 valence electrons. The number of aromatic nitrogens is 2. The maximum Gasteiger partial charge on any atom is 0.239 e. The highest BCUT2D eigenvalue weighted by Crippen LogP contribution is 2.37. The highest BCUT2D eigenvalue weighted by Gasteiger charge is 2.33. The first kappa shape index (κ1) is 23.6. The number of rotatable bonds is 5. The smallest absolute Gasteiger partial charge is 0.239 e. The Morgan fingerprint density at radius 2 is 1.74 bits per heavy atom. The number of hydrogen-bond donors (Lipinski definition) is 0. The van der Waals surface area contributed by atoms with Gasteiger partial charge in [-0.3, -0.25) is 9.69 Å². The van der Waals surface area contributed by atoms with E-state index in [0.717, 1.165) is 55.6 Å². The second kappa shape index (κ2) is 9.85. The zero-order chi connectivity index (χ0) is 24.5. The quantitative estimate of drug-likeness (QED) is 0.538. The van der Waals surface area contributed by atoms with Crippen molar-refractivity contribution in [1.29, 1.82) is 0 Å². The molecule has 1 atom stereocenters. The van der Waals surface area contributed by atoms with Gasteiger partial charge >= 0.3 is 0 Å². The summed E-state index contributed by atoms with van der Waals surface area (Å²) in [5.41, 5.74) is 2.40. The van der Waals surface area contributed by atoms with Crippen LogP contribution in [0, 0.1) is 5.82 Å². The number of likely N-dealkylation sites (tertiary alicyclic amines) is 2. The fourth-order valence-corrected chi connectivity index (χ4v) is 5.56. The first-order chi connectivity index (χ1) is 17.0. The Morgan fingerprint density at radius 3 is 2.46 bits per heavy atom. The van der Waals surface area contributed by atoms with Crippen molar-refractivity contribution < 1.29 is 18.7 Å². The number of hydrogen-bond acceptors (Lipinski definition) is 5. The number of imidazole rings is 1. The van der Waals surface area contributed by atoms with Gasteiger partial charge in [-0.1, -0.05) is 6.42 Å². The van der Waals surface area contributed by atoms with Gasteiger partial charge in [0.2, 0.25) is 5.91 Å². The maximum atomic E-state index is 14.1. The van der Waals surface area contributed by atoms with Crippen LogP contribution in [-0.4, -0.2) is 72.2 Å². The molecule has 0 spiro atoms. The van der Waals surface area contributed by atoms with Crippen molar-refractivity contribution in [2.75, 3.05) is 40.9 Å². The van der Waals surface area contributed by atoms with Gasteiger partial charge in [-0.15, -0.1) is 0 Å². The number of methoxy groups -OCH3 is 2. The van der Waals surface area contributed by atoms with Crippen molar-refractivity contribution in [3.63, 3.8) is 0 Å². The van der Waals surface area contributed by atoms with E-state index < -0.39 is 0 Å². The molecule has 1 unspecified atom stereocenters. The average Bonchev–Trinajstić information content (AvgIpc) is 3.26. The molecule has 0 radical (unpaired) electrons. The third-order valence-electron chi connectivity index (χ3n) is 7.49. The molecule has 35 heavy (non-hydrogen) atoms. The number of amides is 1. The van der Waals surface area contributed by atoms with Crippen molar-refractivity contribution in [2.45, 2.75) is 44.2 Å². The van der Waals surface area contributed by atoms with Crippen LogP contribution in [0.25, 0.3) is 22.4 Å². The summed E-state index contributed by atoms with van der Waals surface area (Å²) in [5, 5.41) is 0. The maximum absolute atomic E-state index is 14.1. The molecule has 3 aromatic rings. The summed E-state index contributed by atoms with van der Waals surface area (Å²) in [6.07, 6.45) is 4.87. The van der Waals surface area contributed by atoms with Crippen molar-refractivity contribution in [2.24, 2.45) is 0 Å². The van der Waals surface area contributed by atoms with Crippen LogP contribution in [0.5, 0.6) is 11.5 Å². The molecule has 0 saturated carbocycles. The standard InChI is InChI=1S/C27H33FN4O3/c1-30-13-5-4-6-23(30)27(33)31-14-11-20(12-15-31)32-22-9-8-19(28)17-21(22)29-26(32)18-7-10-24(34-2)25(16-18)35-3/h7-10,16-17,20,23H,4-6,11-15H2,1-3H3. The molecule has 1 aromatic heterocycles. The molecule has 0 aliphatic carbocycles. The summed E-state index contributed by atoms with van der Waals surface area (Å²) in [6, 6.07) is 10.6. The largest absolute Gasteiger partial charge is 0.493 e. The minimum atomic E-state index is -0.307. The lowest BCUT2D eigenvalue weighted by Gasteiger charge is -2.39. The number of carbonyl (C=O) groups excluding carboxylic acids is 1. The minimum absolute atomic E-state index is 0.000301. The Labute approximate surface area is 205 Å². The molecule has 2 fully saturated rings. The Bertz CT molecular complexity index is 1220. The predicted octanol–water partition coefficient (Wildman–Crippen LogP) is 4.51. The van der Waals surface area contributed by atoms with Crippen LogP contribution in [0.2, 0.25) is 0 Å². The second-order valence-electron chi connectivity index (χ2n) is 9.56. The van der Waals surface area contributed by atoms with E-state index in [0.29, 0.717) is 30.1 Å².